The van der Waals surface area contributed by atoms with Gasteiger partial charge in [0.25, 0.3) is 0 Å². The Labute approximate surface area is 74.5 Å². The maximum absolute atomic E-state index is 10.9. The van der Waals surface area contributed by atoms with E-state index in [1.807, 2.05) is 6.92 Å². The van der Waals surface area contributed by atoms with E-state index in [0.29, 0.717) is 11.4 Å². The van der Waals surface area contributed by atoms with Crippen LogP contribution in [0.4, 0.5) is 5.69 Å². The Morgan fingerprint density at radius 2 is 2.25 bits per heavy atom. The van der Waals surface area contributed by atoms with E-state index in [4.69, 9.17) is 5.73 Å². The van der Waals surface area contributed by atoms with Gasteiger partial charge >= 0.3 is 0 Å². The van der Waals surface area contributed by atoms with Crippen LogP contribution in [0.15, 0.2) is 12.1 Å². The number of nitrogen functional groups attached to an aromatic ring is 1. The van der Waals surface area contributed by atoms with Gasteiger partial charge in [-0.1, -0.05) is 0 Å². The van der Waals surface area contributed by atoms with Crippen LogP contribution in [0.2, 0.25) is 0 Å². The zero-order valence-corrected chi connectivity index (χ0v) is 8.02. The molecule has 12 heavy (non-hydrogen) atoms. The minimum atomic E-state index is -0.851. The van der Waals surface area contributed by atoms with Crippen molar-refractivity contribution in [2.75, 3.05) is 12.0 Å². The summed E-state index contributed by atoms with van der Waals surface area (Å²) in [6.45, 7) is 1.87. The van der Waals surface area contributed by atoms with Crippen molar-refractivity contribution >= 4 is 16.5 Å². The molecule has 3 nitrogen and oxygen atoms in total. The van der Waals surface area contributed by atoms with Crippen LogP contribution in [0.3, 0.4) is 0 Å². The molecule has 1 aromatic heterocycles. The van der Waals surface area contributed by atoms with Crippen LogP contribution in [0, 0.1) is 6.92 Å². The second-order valence-corrected chi connectivity index (χ2v) is 4.19. The van der Waals surface area contributed by atoms with E-state index in [9.17, 15) is 4.21 Å². The second kappa shape index (κ2) is 3.67. The fourth-order valence-electron chi connectivity index (χ4n) is 1.05. The summed E-state index contributed by atoms with van der Waals surface area (Å²) in [4.78, 5) is 4.20. The van der Waals surface area contributed by atoms with Gasteiger partial charge in [0.15, 0.2) is 0 Å². The summed E-state index contributed by atoms with van der Waals surface area (Å²) in [5.74, 6) is 0.478. The van der Waals surface area contributed by atoms with E-state index in [0.717, 1.165) is 11.4 Å². The minimum Gasteiger partial charge on any atom is -0.399 e. The molecule has 0 saturated heterocycles. The second-order valence-electron chi connectivity index (χ2n) is 2.75. The third-order valence-corrected chi connectivity index (χ3v) is 2.08. The fraction of sp³-hybridized carbons (Fsp3) is 0.375. The Morgan fingerprint density at radius 3 is 2.75 bits per heavy atom. The van der Waals surface area contributed by atoms with Crippen molar-refractivity contribution in [1.82, 2.24) is 4.98 Å². The monoisotopic (exact) mass is 184 g/mol. The lowest BCUT2D eigenvalue weighted by atomic mass is 10.3. The van der Waals surface area contributed by atoms with E-state index >= 15 is 0 Å². The molecule has 0 radical (unpaired) electrons. The van der Waals surface area contributed by atoms with Gasteiger partial charge < -0.3 is 5.73 Å². The van der Waals surface area contributed by atoms with Gasteiger partial charge in [-0.05, 0) is 19.1 Å². The molecule has 2 N–H and O–H groups in total. The predicted octanol–water partition coefficient (Wildman–Crippen LogP) is 0.851. The maximum Gasteiger partial charge on any atom is 0.0656 e. The number of pyridine rings is 1. The van der Waals surface area contributed by atoms with Gasteiger partial charge in [-0.25, -0.2) is 0 Å². The summed E-state index contributed by atoms with van der Waals surface area (Å²) in [5, 5.41) is 0. The maximum atomic E-state index is 10.9. The van der Waals surface area contributed by atoms with Gasteiger partial charge in [0.1, 0.15) is 0 Å². The average molecular weight is 184 g/mol. The molecular formula is C8H12N2OS. The highest BCUT2D eigenvalue weighted by molar-refractivity contribution is 7.83. The Hall–Kier alpha value is -0.900. The molecule has 1 aromatic rings. The molecule has 0 saturated carbocycles. The molecule has 1 rings (SSSR count). The molecule has 1 atom stereocenters. The molecule has 1 heterocycles. The number of nitrogens with two attached hydrogens (primary N) is 1. The van der Waals surface area contributed by atoms with Crippen molar-refractivity contribution in [3.8, 4) is 0 Å². The van der Waals surface area contributed by atoms with Gasteiger partial charge in [0, 0.05) is 28.4 Å². The van der Waals surface area contributed by atoms with E-state index in [-0.39, 0.29) is 0 Å². The Kier molecular flexibility index (Phi) is 2.81. The van der Waals surface area contributed by atoms with Crippen LogP contribution in [0.1, 0.15) is 11.4 Å². The molecule has 0 amide bonds. The van der Waals surface area contributed by atoms with Crippen molar-refractivity contribution in [2.24, 2.45) is 0 Å². The SMILES string of the molecule is Cc1cc(N)cc(CS(C)=O)n1. The Morgan fingerprint density at radius 1 is 1.58 bits per heavy atom. The van der Waals surface area contributed by atoms with Gasteiger partial charge in [-0.15, -0.1) is 0 Å². The van der Waals surface area contributed by atoms with Crippen molar-refractivity contribution < 1.29 is 4.21 Å². The summed E-state index contributed by atoms with van der Waals surface area (Å²) in [7, 11) is -0.851. The molecule has 0 aliphatic heterocycles. The third kappa shape index (κ3) is 2.62. The highest BCUT2D eigenvalue weighted by atomic mass is 32.2. The lowest BCUT2D eigenvalue weighted by Crippen LogP contribution is -1.99. The molecule has 0 aromatic carbocycles. The average Bonchev–Trinajstić information content (AvgIpc) is 1.81. The smallest absolute Gasteiger partial charge is 0.0656 e. The normalized spacial score (nSPS) is 12.8. The standard InChI is InChI=1S/C8H12N2OS/c1-6-3-7(9)4-8(10-6)5-12(2)11/h3-4H,5H2,1-2H3,(H2,9,10). The van der Waals surface area contributed by atoms with Crippen molar-refractivity contribution in [3.05, 3.63) is 23.5 Å². The molecule has 66 valence electrons. The van der Waals surface area contributed by atoms with Gasteiger partial charge in [0.05, 0.1) is 11.4 Å². The number of hydrogen-bond donors (Lipinski definition) is 1. The molecule has 0 fully saturated rings. The van der Waals surface area contributed by atoms with Gasteiger partial charge in [-0.3, -0.25) is 9.19 Å². The number of nitrogens with zero attached hydrogens (tertiary/aromatic N) is 1. The summed E-state index contributed by atoms with van der Waals surface area (Å²) in [5.41, 5.74) is 7.95. The number of aromatic nitrogens is 1. The molecule has 0 spiro atoms. The molecule has 0 aliphatic carbocycles. The summed E-state index contributed by atoms with van der Waals surface area (Å²) in [6.07, 6.45) is 1.65. The first-order valence-electron chi connectivity index (χ1n) is 3.61. The molecule has 0 bridgehead atoms. The van der Waals surface area contributed by atoms with Crippen LogP contribution < -0.4 is 5.73 Å². The van der Waals surface area contributed by atoms with Crippen molar-refractivity contribution in [2.45, 2.75) is 12.7 Å². The summed E-state index contributed by atoms with van der Waals surface area (Å²) in [6, 6.07) is 3.55. The first kappa shape index (κ1) is 9.19. The van der Waals surface area contributed by atoms with Crippen molar-refractivity contribution in [3.63, 3.8) is 0 Å². The molecule has 4 heteroatoms. The zero-order chi connectivity index (χ0) is 9.14. The van der Waals surface area contributed by atoms with E-state index < -0.39 is 10.8 Å². The number of rotatable bonds is 2. The summed E-state index contributed by atoms with van der Waals surface area (Å²) >= 11 is 0. The van der Waals surface area contributed by atoms with Crippen LogP contribution in [-0.2, 0) is 16.6 Å². The predicted molar refractivity (Wildman–Crippen MR) is 51.2 cm³/mol. The fourth-order valence-corrected chi connectivity index (χ4v) is 1.61. The van der Waals surface area contributed by atoms with Crippen LogP contribution >= 0.6 is 0 Å². The largest absolute Gasteiger partial charge is 0.399 e. The lowest BCUT2D eigenvalue weighted by molar-refractivity contribution is 0.686. The lowest BCUT2D eigenvalue weighted by Gasteiger charge is -2.01. The quantitative estimate of drug-likeness (QED) is 0.741. The van der Waals surface area contributed by atoms with Gasteiger partial charge in [0.2, 0.25) is 0 Å². The molecular weight excluding hydrogens is 172 g/mol. The third-order valence-electron chi connectivity index (χ3n) is 1.38. The number of hydrogen-bond acceptors (Lipinski definition) is 3. The minimum absolute atomic E-state index is 0.478. The molecule has 0 aliphatic rings. The zero-order valence-electron chi connectivity index (χ0n) is 7.20. The highest BCUT2D eigenvalue weighted by Crippen LogP contribution is 2.08. The first-order chi connectivity index (χ1) is 5.58. The van der Waals surface area contributed by atoms with Crippen LogP contribution in [0.25, 0.3) is 0 Å². The number of aryl methyl sites for hydroxylation is 1. The van der Waals surface area contributed by atoms with Crippen molar-refractivity contribution in [1.29, 1.82) is 0 Å². The Bertz CT molecular complexity index is 292. The summed E-state index contributed by atoms with van der Waals surface area (Å²) < 4.78 is 10.9. The first-order valence-corrected chi connectivity index (χ1v) is 5.33. The van der Waals surface area contributed by atoms with E-state index in [1.54, 1.807) is 18.4 Å². The van der Waals surface area contributed by atoms with Crippen LogP contribution in [0.5, 0.6) is 0 Å². The van der Waals surface area contributed by atoms with Gasteiger partial charge in [-0.2, -0.15) is 0 Å². The highest BCUT2D eigenvalue weighted by Gasteiger charge is 1.99. The Balaban J connectivity index is 2.93. The van der Waals surface area contributed by atoms with E-state index in [2.05, 4.69) is 4.98 Å². The molecule has 1 unspecified atom stereocenters. The van der Waals surface area contributed by atoms with E-state index in [1.165, 1.54) is 0 Å². The topological polar surface area (TPSA) is 56.0 Å². The number of anilines is 1. The van der Waals surface area contributed by atoms with Crippen LogP contribution in [-0.4, -0.2) is 15.4 Å².